The minimum atomic E-state index is -0.195. The van der Waals surface area contributed by atoms with Crippen LogP contribution in [0.4, 0.5) is 0 Å². The summed E-state index contributed by atoms with van der Waals surface area (Å²) >= 11 is 7.34. The predicted molar refractivity (Wildman–Crippen MR) is 125 cm³/mol. The molecule has 32 heavy (non-hydrogen) atoms. The summed E-state index contributed by atoms with van der Waals surface area (Å²) in [7, 11) is 0. The van der Waals surface area contributed by atoms with Crippen molar-refractivity contribution in [3.05, 3.63) is 87.3 Å². The van der Waals surface area contributed by atoms with Gasteiger partial charge in [-0.2, -0.15) is 9.61 Å². The van der Waals surface area contributed by atoms with Gasteiger partial charge in [-0.25, -0.2) is 4.98 Å². The molecule has 0 spiro atoms. The zero-order valence-electron chi connectivity index (χ0n) is 17.1. The van der Waals surface area contributed by atoms with Crippen LogP contribution in [0.25, 0.3) is 15.5 Å². The van der Waals surface area contributed by atoms with Crippen molar-refractivity contribution in [2.24, 2.45) is 0 Å². The van der Waals surface area contributed by atoms with Crippen molar-refractivity contribution in [2.45, 2.75) is 6.54 Å². The fourth-order valence-corrected chi connectivity index (χ4v) is 4.80. The highest BCUT2D eigenvalue weighted by Gasteiger charge is 2.22. The Kier molecular flexibility index (Phi) is 5.73. The van der Waals surface area contributed by atoms with Crippen LogP contribution in [-0.2, 0) is 6.54 Å². The number of nitrogens with zero attached hydrogens (tertiary/aromatic N) is 5. The van der Waals surface area contributed by atoms with Crippen molar-refractivity contribution in [3.63, 3.8) is 0 Å². The Morgan fingerprint density at radius 1 is 1.00 bits per heavy atom. The van der Waals surface area contributed by atoms with Crippen LogP contribution in [0.2, 0.25) is 5.02 Å². The fourth-order valence-electron chi connectivity index (χ4n) is 3.75. The first-order valence-electron chi connectivity index (χ1n) is 10.3. The van der Waals surface area contributed by atoms with Gasteiger partial charge in [0, 0.05) is 54.9 Å². The molecule has 162 valence electrons. The van der Waals surface area contributed by atoms with Gasteiger partial charge < -0.3 is 4.90 Å². The van der Waals surface area contributed by atoms with Gasteiger partial charge in [0.15, 0.2) is 0 Å². The molecule has 1 amide bonds. The summed E-state index contributed by atoms with van der Waals surface area (Å²) in [6, 6.07) is 18.2. The molecule has 1 aliphatic heterocycles. The number of carbonyl (C=O) groups is 1. The van der Waals surface area contributed by atoms with E-state index < -0.39 is 0 Å². The lowest BCUT2D eigenvalue weighted by Gasteiger charge is -2.34. The Labute approximate surface area is 193 Å². The van der Waals surface area contributed by atoms with E-state index in [-0.39, 0.29) is 11.5 Å². The highest BCUT2D eigenvalue weighted by molar-refractivity contribution is 7.19. The molecule has 0 unspecified atom stereocenters. The minimum absolute atomic E-state index is 0.0578. The first-order chi connectivity index (χ1) is 15.6. The summed E-state index contributed by atoms with van der Waals surface area (Å²) in [5, 5.41) is 5.79. The summed E-state index contributed by atoms with van der Waals surface area (Å²) in [5.74, 6) is 0.0578. The highest BCUT2D eigenvalue weighted by atomic mass is 35.5. The summed E-state index contributed by atoms with van der Waals surface area (Å²) in [5.41, 5.74) is 2.12. The van der Waals surface area contributed by atoms with E-state index in [1.165, 1.54) is 15.9 Å². The fraction of sp³-hybridized carbons (Fsp3) is 0.217. The Hall–Kier alpha value is -3.07. The van der Waals surface area contributed by atoms with Gasteiger partial charge in [-0.1, -0.05) is 53.3 Å². The lowest BCUT2D eigenvalue weighted by Crippen LogP contribution is -2.48. The Balaban J connectivity index is 1.28. The van der Waals surface area contributed by atoms with Gasteiger partial charge in [0.1, 0.15) is 5.01 Å². The van der Waals surface area contributed by atoms with Crippen molar-refractivity contribution in [1.82, 2.24) is 24.4 Å². The Bertz CT molecular complexity index is 1310. The first-order valence-corrected chi connectivity index (χ1v) is 11.5. The molecule has 3 heterocycles. The minimum Gasteiger partial charge on any atom is -0.336 e. The third-order valence-corrected chi connectivity index (χ3v) is 6.66. The third kappa shape index (κ3) is 4.29. The van der Waals surface area contributed by atoms with Crippen LogP contribution in [0.1, 0.15) is 16.1 Å². The van der Waals surface area contributed by atoms with E-state index in [0.29, 0.717) is 40.9 Å². The quantitative estimate of drug-likeness (QED) is 0.462. The van der Waals surface area contributed by atoms with Crippen molar-refractivity contribution in [3.8, 4) is 10.6 Å². The maximum Gasteiger partial charge on any atom is 0.275 e. The van der Waals surface area contributed by atoms with Gasteiger partial charge in [-0.3, -0.25) is 14.5 Å². The monoisotopic (exact) mass is 465 g/mol. The second kappa shape index (κ2) is 8.82. The number of hydrogen-bond acceptors (Lipinski definition) is 6. The van der Waals surface area contributed by atoms with Crippen molar-refractivity contribution in [1.29, 1.82) is 0 Å². The first kappa shape index (κ1) is 20.8. The van der Waals surface area contributed by atoms with Gasteiger partial charge in [0.05, 0.1) is 5.69 Å². The molecular weight excluding hydrogens is 446 g/mol. The average Bonchev–Trinajstić information content (AvgIpc) is 3.25. The molecule has 4 aromatic rings. The Morgan fingerprint density at radius 2 is 1.72 bits per heavy atom. The lowest BCUT2D eigenvalue weighted by atomic mass is 10.2. The summed E-state index contributed by atoms with van der Waals surface area (Å²) in [6.07, 6.45) is 0. The van der Waals surface area contributed by atoms with Crippen LogP contribution in [0.3, 0.4) is 0 Å². The molecule has 0 atom stereocenters. The third-order valence-electron chi connectivity index (χ3n) is 5.46. The summed E-state index contributed by atoms with van der Waals surface area (Å²) < 4.78 is 1.34. The maximum atomic E-state index is 12.6. The van der Waals surface area contributed by atoms with Crippen LogP contribution in [0.15, 0.2) is 65.5 Å². The smallest absolute Gasteiger partial charge is 0.275 e. The second-order valence-corrected chi connectivity index (χ2v) is 9.02. The molecule has 1 fully saturated rings. The van der Waals surface area contributed by atoms with Gasteiger partial charge in [0.2, 0.25) is 4.96 Å². The Morgan fingerprint density at radius 3 is 2.44 bits per heavy atom. The normalized spacial score (nSPS) is 14.7. The molecule has 1 aliphatic rings. The highest BCUT2D eigenvalue weighted by Crippen LogP contribution is 2.25. The number of piperazine rings is 1. The number of benzene rings is 2. The molecule has 2 aromatic heterocycles. The zero-order chi connectivity index (χ0) is 22.1. The molecule has 0 radical (unpaired) electrons. The largest absolute Gasteiger partial charge is 0.336 e. The number of rotatable bonds is 4. The number of carbonyl (C=O) groups excluding carboxylic acids is 1. The van der Waals surface area contributed by atoms with E-state index in [1.807, 2.05) is 47.4 Å². The number of halogens is 1. The topological polar surface area (TPSA) is 70.8 Å². The molecule has 0 saturated carbocycles. The number of amides is 1. The molecule has 5 rings (SSSR count). The van der Waals surface area contributed by atoms with Gasteiger partial charge >= 0.3 is 0 Å². The summed E-state index contributed by atoms with van der Waals surface area (Å²) in [4.78, 5) is 34.6. The van der Waals surface area contributed by atoms with E-state index in [0.717, 1.165) is 23.7 Å². The molecule has 1 saturated heterocycles. The molecule has 2 aromatic carbocycles. The van der Waals surface area contributed by atoms with Crippen LogP contribution < -0.4 is 5.56 Å². The molecular formula is C23H20ClN5O2S. The van der Waals surface area contributed by atoms with Crippen molar-refractivity contribution in [2.75, 3.05) is 26.2 Å². The van der Waals surface area contributed by atoms with Crippen LogP contribution in [0, 0.1) is 0 Å². The SMILES string of the molecule is O=C(c1ccccc1)N1CCN(Cc2cc(=O)n3nc(-c4ccc(Cl)cc4)sc3n2)CC1. The molecule has 0 aliphatic carbocycles. The van der Waals surface area contributed by atoms with E-state index in [4.69, 9.17) is 11.6 Å². The van der Waals surface area contributed by atoms with Gasteiger partial charge in [0.25, 0.3) is 11.5 Å². The number of hydrogen-bond donors (Lipinski definition) is 0. The number of fused-ring (bicyclic) bond motifs is 1. The second-order valence-electron chi connectivity index (χ2n) is 7.63. The van der Waals surface area contributed by atoms with Crippen LogP contribution in [-0.4, -0.2) is 56.5 Å². The van der Waals surface area contributed by atoms with E-state index in [1.54, 1.807) is 18.2 Å². The molecule has 9 heteroatoms. The van der Waals surface area contributed by atoms with Crippen molar-refractivity contribution >= 4 is 33.8 Å². The van der Waals surface area contributed by atoms with Gasteiger partial charge in [-0.05, 0) is 24.3 Å². The van der Waals surface area contributed by atoms with E-state index in [9.17, 15) is 9.59 Å². The lowest BCUT2D eigenvalue weighted by molar-refractivity contribution is 0.0627. The molecule has 7 nitrogen and oxygen atoms in total. The van der Waals surface area contributed by atoms with Crippen molar-refractivity contribution < 1.29 is 4.79 Å². The number of aromatic nitrogens is 3. The standard InChI is InChI=1S/C23H20ClN5O2S/c24-18-8-6-16(7-9-18)21-26-29-20(30)14-19(25-23(29)32-21)15-27-10-12-28(13-11-27)22(31)17-4-2-1-3-5-17/h1-9,14H,10-13,15H2. The zero-order valence-corrected chi connectivity index (χ0v) is 18.7. The summed E-state index contributed by atoms with van der Waals surface area (Å²) in [6.45, 7) is 3.33. The average molecular weight is 466 g/mol. The van der Waals surface area contributed by atoms with Crippen LogP contribution in [0.5, 0.6) is 0 Å². The maximum absolute atomic E-state index is 12.6. The van der Waals surface area contributed by atoms with E-state index in [2.05, 4.69) is 15.0 Å². The van der Waals surface area contributed by atoms with Crippen LogP contribution >= 0.6 is 22.9 Å². The predicted octanol–water partition coefficient (Wildman–Crippen LogP) is 3.43. The van der Waals surface area contributed by atoms with Gasteiger partial charge in [-0.15, -0.1) is 0 Å². The van der Waals surface area contributed by atoms with E-state index >= 15 is 0 Å². The molecule has 0 bridgehead atoms. The molecule has 0 N–H and O–H groups in total.